The molecule has 146 valence electrons. The summed E-state index contributed by atoms with van der Waals surface area (Å²) in [5.74, 6) is 1.20. The quantitative estimate of drug-likeness (QED) is 0.782. The Bertz CT molecular complexity index is 934. The van der Waals surface area contributed by atoms with Crippen molar-refractivity contribution < 1.29 is 14.9 Å². The van der Waals surface area contributed by atoms with Crippen molar-refractivity contribution in [3.05, 3.63) is 53.6 Å². The molecule has 28 heavy (non-hydrogen) atoms. The Labute approximate surface area is 164 Å². The number of para-hydroxylation sites is 1. The Hall–Kier alpha value is -2.73. The van der Waals surface area contributed by atoms with Gasteiger partial charge in [-0.1, -0.05) is 25.1 Å². The molecule has 3 heterocycles. The van der Waals surface area contributed by atoms with Crippen molar-refractivity contribution in [2.75, 3.05) is 19.6 Å². The van der Waals surface area contributed by atoms with Crippen LogP contribution < -0.4 is 4.74 Å². The Kier molecular flexibility index (Phi) is 3.98. The highest BCUT2D eigenvalue weighted by Gasteiger charge is 2.51. The Balaban J connectivity index is 1.57. The minimum Gasteiger partial charge on any atom is -0.508 e. The second kappa shape index (κ2) is 6.41. The maximum Gasteiger partial charge on any atom is 0.200 e. The number of nitrogens with zero attached hydrogens (tertiary/aromatic N) is 3. The summed E-state index contributed by atoms with van der Waals surface area (Å²) < 4.78 is 6.59. The number of rotatable bonds is 2. The lowest BCUT2D eigenvalue weighted by molar-refractivity contribution is -0.149. The molecule has 6 heteroatoms. The van der Waals surface area contributed by atoms with Gasteiger partial charge in [-0.15, -0.1) is 0 Å². The number of hydrazone groups is 1. The summed E-state index contributed by atoms with van der Waals surface area (Å²) in [4.78, 5) is 2.44. The van der Waals surface area contributed by atoms with Crippen LogP contribution in [0.25, 0.3) is 0 Å². The zero-order chi connectivity index (χ0) is 19.3. The smallest absolute Gasteiger partial charge is 0.200 e. The fraction of sp³-hybridized carbons (Fsp3) is 0.409. The predicted molar refractivity (Wildman–Crippen MR) is 107 cm³/mol. The second-order valence-corrected chi connectivity index (χ2v) is 7.83. The molecule has 1 fully saturated rings. The van der Waals surface area contributed by atoms with Crippen molar-refractivity contribution in [3.63, 3.8) is 0 Å². The molecule has 1 atom stereocenters. The fourth-order valence-electron chi connectivity index (χ4n) is 4.70. The summed E-state index contributed by atoms with van der Waals surface area (Å²) in [5, 5.41) is 27.3. The maximum absolute atomic E-state index is 10.3. The molecule has 0 aliphatic carbocycles. The average molecular weight is 379 g/mol. The highest BCUT2D eigenvalue weighted by Crippen LogP contribution is 2.50. The minimum absolute atomic E-state index is 0.0786. The Morgan fingerprint density at radius 3 is 2.71 bits per heavy atom. The van der Waals surface area contributed by atoms with Crippen molar-refractivity contribution in [2.24, 2.45) is 5.10 Å². The Morgan fingerprint density at radius 1 is 1.14 bits per heavy atom. The number of benzene rings is 2. The van der Waals surface area contributed by atoms with Gasteiger partial charge >= 0.3 is 0 Å². The standard InChI is InChI=1S/C22H25N3O3/c1-2-24-11-9-22(10-12-24)25-19(16-5-3-4-6-21(16)28-22)14-18(23-25)17-13-15(26)7-8-20(17)27/h3-8,13,19,26-27H,2,9-12,14H2,1H3/t19-/m1/s1. The van der Waals surface area contributed by atoms with E-state index in [4.69, 9.17) is 9.84 Å². The van der Waals surface area contributed by atoms with E-state index in [1.165, 1.54) is 12.1 Å². The number of likely N-dealkylation sites (tertiary alicyclic amines) is 1. The zero-order valence-electron chi connectivity index (χ0n) is 16.0. The van der Waals surface area contributed by atoms with Crippen LogP contribution >= 0.6 is 0 Å². The van der Waals surface area contributed by atoms with Crippen LogP contribution in [-0.4, -0.2) is 51.2 Å². The lowest BCUT2D eigenvalue weighted by Crippen LogP contribution is -2.59. The third-order valence-electron chi connectivity index (χ3n) is 6.28. The van der Waals surface area contributed by atoms with Gasteiger partial charge in [0.05, 0.1) is 11.8 Å². The van der Waals surface area contributed by atoms with Crippen molar-refractivity contribution in [3.8, 4) is 17.2 Å². The molecule has 0 bridgehead atoms. The van der Waals surface area contributed by atoms with E-state index in [0.29, 0.717) is 12.0 Å². The van der Waals surface area contributed by atoms with Crippen LogP contribution in [0.2, 0.25) is 0 Å². The lowest BCUT2D eigenvalue weighted by atomic mass is 9.90. The van der Waals surface area contributed by atoms with Crippen LogP contribution in [0.15, 0.2) is 47.6 Å². The first-order valence-electron chi connectivity index (χ1n) is 9.99. The molecule has 1 spiro atoms. The van der Waals surface area contributed by atoms with E-state index in [2.05, 4.69) is 22.9 Å². The van der Waals surface area contributed by atoms with Gasteiger partial charge in [-0.25, -0.2) is 5.01 Å². The van der Waals surface area contributed by atoms with Gasteiger partial charge in [-0.05, 0) is 30.8 Å². The number of fused-ring (bicyclic) bond motifs is 4. The maximum atomic E-state index is 10.3. The van der Waals surface area contributed by atoms with E-state index < -0.39 is 5.72 Å². The molecule has 0 radical (unpaired) electrons. The number of piperidine rings is 1. The number of ether oxygens (including phenoxy) is 1. The molecule has 3 aliphatic heterocycles. The summed E-state index contributed by atoms with van der Waals surface area (Å²) >= 11 is 0. The molecule has 0 saturated carbocycles. The fourth-order valence-corrected chi connectivity index (χ4v) is 4.70. The summed E-state index contributed by atoms with van der Waals surface area (Å²) in [7, 11) is 0. The molecule has 3 aliphatic rings. The van der Waals surface area contributed by atoms with Crippen LogP contribution in [0, 0.1) is 0 Å². The second-order valence-electron chi connectivity index (χ2n) is 7.83. The molecule has 1 saturated heterocycles. The largest absolute Gasteiger partial charge is 0.508 e. The van der Waals surface area contributed by atoms with Crippen LogP contribution in [0.4, 0.5) is 0 Å². The van der Waals surface area contributed by atoms with Gasteiger partial charge in [-0.2, -0.15) is 5.10 Å². The summed E-state index contributed by atoms with van der Waals surface area (Å²) in [5.41, 5.74) is 2.05. The molecule has 6 nitrogen and oxygen atoms in total. The average Bonchev–Trinajstić information content (AvgIpc) is 3.17. The van der Waals surface area contributed by atoms with Crippen molar-refractivity contribution >= 4 is 5.71 Å². The molecular formula is C22H25N3O3. The van der Waals surface area contributed by atoms with Crippen molar-refractivity contribution in [1.29, 1.82) is 0 Å². The first-order chi connectivity index (χ1) is 13.6. The van der Waals surface area contributed by atoms with Crippen LogP contribution in [0.5, 0.6) is 17.2 Å². The number of hydrogen-bond acceptors (Lipinski definition) is 6. The molecule has 0 amide bonds. The summed E-state index contributed by atoms with van der Waals surface area (Å²) in [6.07, 6.45) is 2.44. The normalized spacial score (nSPS) is 23.1. The number of phenolic OH excluding ortho intramolecular Hbond substituents is 2. The van der Waals surface area contributed by atoms with Gasteiger partial charge in [0.15, 0.2) is 0 Å². The number of phenols is 2. The third kappa shape index (κ3) is 2.63. The number of hydrogen-bond donors (Lipinski definition) is 2. The van der Waals surface area contributed by atoms with Gasteiger partial charge in [0.2, 0.25) is 5.72 Å². The SMILES string of the molecule is CCN1CCC2(CC1)Oc1ccccc1[C@H]1CC(c3cc(O)ccc3O)=NN12. The molecule has 5 rings (SSSR count). The molecule has 2 aromatic carbocycles. The van der Waals surface area contributed by atoms with E-state index in [9.17, 15) is 10.2 Å². The molecule has 2 aromatic rings. The Morgan fingerprint density at radius 2 is 1.93 bits per heavy atom. The highest BCUT2D eigenvalue weighted by molar-refractivity contribution is 6.04. The van der Waals surface area contributed by atoms with E-state index in [1.54, 1.807) is 6.07 Å². The molecule has 2 N–H and O–H groups in total. The van der Waals surface area contributed by atoms with Gasteiger partial charge in [0, 0.05) is 43.5 Å². The third-order valence-corrected chi connectivity index (χ3v) is 6.28. The lowest BCUT2D eigenvalue weighted by Gasteiger charge is -2.51. The van der Waals surface area contributed by atoms with Crippen molar-refractivity contribution in [1.82, 2.24) is 9.91 Å². The van der Waals surface area contributed by atoms with Crippen molar-refractivity contribution in [2.45, 2.75) is 38.0 Å². The van der Waals surface area contributed by atoms with E-state index >= 15 is 0 Å². The topological polar surface area (TPSA) is 68.5 Å². The van der Waals surface area contributed by atoms with Gasteiger partial charge in [-0.3, -0.25) is 0 Å². The van der Waals surface area contributed by atoms with Gasteiger partial charge < -0.3 is 19.8 Å². The predicted octanol–water partition coefficient (Wildman–Crippen LogP) is 3.45. The summed E-state index contributed by atoms with van der Waals surface area (Å²) in [6.45, 7) is 5.19. The monoisotopic (exact) mass is 379 g/mol. The number of aromatic hydroxyl groups is 2. The first-order valence-corrected chi connectivity index (χ1v) is 9.99. The molecular weight excluding hydrogens is 354 g/mol. The van der Waals surface area contributed by atoms with E-state index in [-0.39, 0.29) is 17.5 Å². The first kappa shape index (κ1) is 17.4. The highest BCUT2D eigenvalue weighted by atomic mass is 16.5. The molecule has 0 aromatic heterocycles. The zero-order valence-corrected chi connectivity index (χ0v) is 16.0. The van der Waals surface area contributed by atoms with Crippen LogP contribution in [0.1, 0.15) is 43.4 Å². The summed E-state index contributed by atoms with van der Waals surface area (Å²) in [6, 6.07) is 12.9. The van der Waals surface area contributed by atoms with Gasteiger partial charge in [0.25, 0.3) is 0 Å². The van der Waals surface area contributed by atoms with E-state index in [1.807, 2.05) is 18.2 Å². The van der Waals surface area contributed by atoms with Crippen LogP contribution in [-0.2, 0) is 0 Å². The van der Waals surface area contributed by atoms with Crippen LogP contribution in [0.3, 0.4) is 0 Å². The van der Waals surface area contributed by atoms with E-state index in [0.717, 1.165) is 49.5 Å². The minimum atomic E-state index is -0.459. The van der Waals surface area contributed by atoms with Gasteiger partial charge in [0.1, 0.15) is 17.2 Å². The molecule has 0 unspecified atom stereocenters.